The number of thiophene rings is 1. The highest BCUT2D eigenvalue weighted by atomic mass is 32.1. The first-order valence-corrected chi connectivity index (χ1v) is 17.4. The van der Waals surface area contributed by atoms with E-state index in [4.69, 9.17) is 19.4 Å². The van der Waals surface area contributed by atoms with Crippen molar-refractivity contribution < 1.29 is 4.42 Å². The number of nitrogens with zero attached hydrogens (tertiary/aromatic N) is 3. The lowest BCUT2D eigenvalue weighted by Crippen LogP contribution is -2.00. The van der Waals surface area contributed by atoms with E-state index in [0.29, 0.717) is 17.5 Å². The molecule has 0 bridgehead atoms. The van der Waals surface area contributed by atoms with Crippen LogP contribution in [0.3, 0.4) is 0 Å². The molecule has 0 N–H and O–H groups in total. The van der Waals surface area contributed by atoms with Crippen molar-refractivity contribution in [2.24, 2.45) is 0 Å². The lowest BCUT2D eigenvalue weighted by molar-refractivity contribution is 0.669. The van der Waals surface area contributed by atoms with Crippen molar-refractivity contribution in [3.8, 4) is 56.4 Å². The standard InChI is InChI=1S/C45H27N3OS/c1-3-9-28(10-4-1)29-15-17-31(18-16-29)44-46-43(30-11-5-2-6-12-30)47-45(48-44)34-19-22-36-38-26-33(21-24-41(38)50-42(36)27-34)32-20-23-40-37(25-32)35-13-7-8-14-39(35)49-40/h1-27H. The molecule has 0 aliphatic rings. The number of hydrogen-bond acceptors (Lipinski definition) is 5. The molecule has 10 rings (SSSR count). The van der Waals surface area contributed by atoms with E-state index in [1.807, 2.05) is 48.5 Å². The quantitative estimate of drug-likeness (QED) is 0.185. The number of benzene rings is 7. The van der Waals surface area contributed by atoms with Crippen molar-refractivity contribution in [3.05, 3.63) is 164 Å². The van der Waals surface area contributed by atoms with Crippen molar-refractivity contribution in [2.75, 3.05) is 0 Å². The normalized spacial score (nSPS) is 11.6. The molecule has 0 spiro atoms. The van der Waals surface area contributed by atoms with Crippen LogP contribution in [0.4, 0.5) is 0 Å². The minimum Gasteiger partial charge on any atom is -0.456 e. The molecular weight excluding hydrogens is 631 g/mol. The van der Waals surface area contributed by atoms with Crippen molar-refractivity contribution in [1.82, 2.24) is 15.0 Å². The molecule has 3 aromatic heterocycles. The van der Waals surface area contributed by atoms with Crippen molar-refractivity contribution >= 4 is 53.4 Å². The number of fused-ring (bicyclic) bond motifs is 6. The van der Waals surface area contributed by atoms with Crippen LogP contribution in [0.15, 0.2) is 168 Å². The van der Waals surface area contributed by atoms with Gasteiger partial charge >= 0.3 is 0 Å². The molecule has 0 aliphatic carbocycles. The number of para-hydroxylation sites is 1. The molecule has 0 amide bonds. The predicted molar refractivity (Wildman–Crippen MR) is 207 cm³/mol. The largest absolute Gasteiger partial charge is 0.456 e. The average molecular weight is 658 g/mol. The first-order valence-electron chi connectivity index (χ1n) is 16.6. The zero-order valence-corrected chi connectivity index (χ0v) is 27.6. The Kier molecular flexibility index (Phi) is 6.64. The van der Waals surface area contributed by atoms with E-state index in [0.717, 1.165) is 44.2 Å². The summed E-state index contributed by atoms with van der Waals surface area (Å²) in [6, 6.07) is 57.0. The predicted octanol–water partition coefficient (Wildman–Crippen LogP) is 12.5. The van der Waals surface area contributed by atoms with Crippen LogP contribution in [-0.4, -0.2) is 15.0 Å². The highest BCUT2D eigenvalue weighted by molar-refractivity contribution is 7.25. The van der Waals surface area contributed by atoms with Gasteiger partial charge in [-0.1, -0.05) is 127 Å². The van der Waals surface area contributed by atoms with Gasteiger partial charge in [0, 0.05) is 47.6 Å². The Labute approximate surface area is 292 Å². The molecule has 4 nitrogen and oxygen atoms in total. The van der Waals surface area contributed by atoms with Gasteiger partial charge in [0.2, 0.25) is 0 Å². The second-order valence-electron chi connectivity index (χ2n) is 12.4. The van der Waals surface area contributed by atoms with Gasteiger partial charge in [0.15, 0.2) is 17.5 Å². The third-order valence-electron chi connectivity index (χ3n) is 9.36. The molecule has 0 unspecified atom stereocenters. The van der Waals surface area contributed by atoms with Gasteiger partial charge in [-0.3, -0.25) is 0 Å². The van der Waals surface area contributed by atoms with Gasteiger partial charge < -0.3 is 4.42 Å². The number of rotatable bonds is 5. The van der Waals surface area contributed by atoms with Crippen LogP contribution in [-0.2, 0) is 0 Å². The summed E-state index contributed by atoms with van der Waals surface area (Å²) in [5, 5.41) is 4.74. The van der Waals surface area contributed by atoms with Gasteiger partial charge in [-0.05, 0) is 58.7 Å². The highest BCUT2D eigenvalue weighted by Gasteiger charge is 2.15. The molecule has 0 radical (unpaired) electrons. The summed E-state index contributed by atoms with van der Waals surface area (Å²) in [4.78, 5) is 15.0. The van der Waals surface area contributed by atoms with Crippen LogP contribution in [0.25, 0.3) is 98.5 Å². The number of aromatic nitrogens is 3. The summed E-state index contributed by atoms with van der Waals surface area (Å²) in [6.07, 6.45) is 0. The maximum Gasteiger partial charge on any atom is 0.164 e. The van der Waals surface area contributed by atoms with E-state index in [9.17, 15) is 0 Å². The summed E-state index contributed by atoms with van der Waals surface area (Å²) in [7, 11) is 0. The second kappa shape index (κ2) is 11.6. The van der Waals surface area contributed by atoms with Gasteiger partial charge in [0.25, 0.3) is 0 Å². The monoisotopic (exact) mass is 657 g/mol. The smallest absolute Gasteiger partial charge is 0.164 e. The summed E-state index contributed by atoms with van der Waals surface area (Å²) in [5.41, 5.74) is 9.37. The molecule has 0 fully saturated rings. The highest BCUT2D eigenvalue weighted by Crippen LogP contribution is 2.39. The lowest BCUT2D eigenvalue weighted by atomic mass is 10.0. The molecule has 50 heavy (non-hydrogen) atoms. The molecule has 7 aromatic carbocycles. The molecule has 234 valence electrons. The fourth-order valence-electron chi connectivity index (χ4n) is 6.79. The summed E-state index contributed by atoms with van der Waals surface area (Å²) >= 11 is 1.79. The van der Waals surface area contributed by atoms with Gasteiger partial charge in [-0.2, -0.15) is 0 Å². The molecule has 0 saturated carbocycles. The van der Waals surface area contributed by atoms with Gasteiger partial charge in [-0.15, -0.1) is 11.3 Å². The van der Waals surface area contributed by atoms with E-state index >= 15 is 0 Å². The van der Waals surface area contributed by atoms with E-state index in [2.05, 4.69) is 115 Å². The fraction of sp³-hybridized carbons (Fsp3) is 0. The average Bonchev–Trinajstić information content (AvgIpc) is 3.75. The van der Waals surface area contributed by atoms with Crippen LogP contribution in [0.2, 0.25) is 0 Å². The first-order chi connectivity index (χ1) is 24.7. The molecule has 3 heterocycles. The Morgan fingerprint density at radius 3 is 1.60 bits per heavy atom. The third-order valence-corrected chi connectivity index (χ3v) is 10.5. The van der Waals surface area contributed by atoms with Gasteiger partial charge in [0.1, 0.15) is 11.2 Å². The minimum atomic E-state index is 0.650. The van der Waals surface area contributed by atoms with Crippen LogP contribution < -0.4 is 0 Å². The van der Waals surface area contributed by atoms with E-state index in [1.54, 1.807) is 11.3 Å². The molecule has 10 aromatic rings. The molecular formula is C45H27N3OS. The maximum absolute atomic E-state index is 6.08. The zero-order chi connectivity index (χ0) is 33.0. The van der Waals surface area contributed by atoms with E-state index in [1.165, 1.54) is 36.9 Å². The van der Waals surface area contributed by atoms with Crippen LogP contribution in [0.5, 0.6) is 0 Å². The molecule has 0 aliphatic heterocycles. The Morgan fingerprint density at radius 1 is 0.320 bits per heavy atom. The van der Waals surface area contributed by atoms with E-state index < -0.39 is 0 Å². The van der Waals surface area contributed by atoms with Gasteiger partial charge in [0.05, 0.1) is 0 Å². The Hall–Kier alpha value is -6.43. The Morgan fingerprint density at radius 2 is 0.840 bits per heavy atom. The Bertz CT molecular complexity index is 2860. The summed E-state index contributed by atoms with van der Waals surface area (Å²) in [5.74, 6) is 1.96. The van der Waals surface area contributed by atoms with Crippen molar-refractivity contribution in [1.29, 1.82) is 0 Å². The maximum atomic E-state index is 6.08. The van der Waals surface area contributed by atoms with Crippen LogP contribution >= 0.6 is 11.3 Å². The molecule has 0 atom stereocenters. The third kappa shape index (κ3) is 4.95. The van der Waals surface area contributed by atoms with E-state index in [-0.39, 0.29) is 0 Å². The second-order valence-corrected chi connectivity index (χ2v) is 13.5. The zero-order valence-electron chi connectivity index (χ0n) is 26.7. The number of furan rings is 1. The lowest BCUT2D eigenvalue weighted by Gasteiger charge is -2.09. The first kappa shape index (κ1) is 28.6. The number of hydrogen-bond donors (Lipinski definition) is 0. The fourth-order valence-corrected chi connectivity index (χ4v) is 7.92. The van der Waals surface area contributed by atoms with Gasteiger partial charge in [-0.25, -0.2) is 15.0 Å². The molecule has 5 heteroatoms. The van der Waals surface area contributed by atoms with Crippen molar-refractivity contribution in [2.45, 2.75) is 0 Å². The SMILES string of the molecule is c1ccc(-c2ccc(-c3nc(-c4ccccc4)nc(-c4ccc5c(c4)sc4ccc(-c6ccc7oc8ccccc8c7c6)cc45)n3)cc2)cc1. The molecule has 0 saturated heterocycles. The summed E-state index contributed by atoms with van der Waals surface area (Å²) < 4.78 is 8.52. The summed E-state index contributed by atoms with van der Waals surface area (Å²) in [6.45, 7) is 0. The topological polar surface area (TPSA) is 51.8 Å². The minimum absolute atomic E-state index is 0.650. The van der Waals surface area contributed by atoms with Crippen molar-refractivity contribution in [3.63, 3.8) is 0 Å². The van der Waals surface area contributed by atoms with Crippen LogP contribution in [0, 0.1) is 0 Å². The Balaban J connectivity index is 1.05. The van der Waals surface area contributed by atoms with Crippen LogP contribution in [0.1, 0.15) is 0 Å².